The summed E-state index contributed by atoms with van der Waals surface area (Å²) in [5.41, 5.74) is 2.65. The Morgan fingerprint density at radius 1 is 0.667 bits per heavy atom. The molecule has 328 valence electrons. The smallest absolute Gasteiger partial charge is 0.422 e. The predicted octanol–water partition coefficient (Wildman–Crippen LogP) is 9.00. The van der Waals surface area contributed by atoms with Crippen LogP contribution < -0.4 is 20.1 Å². The summed E-state index contributed by atoms with van der Waals surface area (Å²) in [6.45, 7) is 1.82. The molecule has 0 atom stereocenters. The van der Waals surface area contributed by atoms with Gasteiger partial charge in [0, 0.05) is 41.8 Å². The van der Waals surface area contributed by atoms with E-state index in [0.717, 1.165) is 39.8 Å². The zero-order chi connectivity index (χ0) is 45.4. The van der Waals surface area contributed by atoms with E-state index >= 15 is 0 Å². The third-order valence-corrected chi connectivity index (χ3v) is 12.3. The summed E-state index contributed by atoms with van der Waals surface area (Å²) < 4.78 is 112. The second kappa shape index (κ2) is 19.3. The van der Waals surface area contributed by atoms with E-state index in [-0.39, 0.29) is 40.2 Å². The summed E-state index contributed by atoms with van der Waals surface area (Å²) in [7, 11) is -8.41. The van der Waals surface area contributed by atoms with Crippen LogP contribution in [0.25, 0.3) is 0 Å². The lowest BCUT2D eigenvalue weighted by atomic mass is 10.0. The van der Waals surface area contributed by atoms with Crippen LogP contribution in [0.3, 0.4) is 0 Å². The molecular formula is C43H39F4N7O7S2. The van der Waals surface area contributed by atoms with Gasteiger partial charge in [0.2, 0.25) is 9.84 Å². The number of amides is 4. The Morgan fingerprint density at radius 2 is 1.19 bits per heavy atom. The average Bonchev–Trinajstić information content (AvgIpc) is 3.25. The van der Waals surface area contributed by atoms with Gasteiger partial charge in [-0.15, -0.1) is 0 Å². The number of hydrogen-bond acceptors (Lipinski definition) is 9. The van der Waals surface area contributed by atoms with Gasteiger partial charge in [-0.1, -0.05) is 38.1 Å². The number of halogens is 4. The van der Waals surface area contributed by atoms with Gasteiger partial charge in [-0.25, -0.2) is 40.8 Å². The first-order valence-electron chi connectivity index (χ1n) is 18.9. The Balaban J connectivity index is 1.23. The number of ether oxygens (including phenoxy) is 1. The topological polar surface area (TPSA) is 180 Å². The first-order valence-corrected chi connectivity index (χ1v) is 21.9. The normalized spacial score (nSPS) is 11.7. The summed E-state index contributed by atoms with van der Waals surface area (Å²) >= 11 is 0. The zero-order valence-corrected chi connectivity index (χ0v) is 35.1. The number of alkyl halides is 3. The number of anilines is 3. The number of hydrazine groups is 1. The van der Waals surface area contributed by atoms with Crippen LogP contribution in [-0.4, -0.2) is 61.7 Å². The van der Waals surface area contributed by atoms with E-state index in [1.54, 1.807) is 42.5 Å². The Bertz CT molecular complexity index is 2770. The van der Waals surface area contributed by atoms with Crippen molar-refractivity contribution < 1.29 is 48.7 Å². The fourth-order valence-corrected chi connectivity index (χ4v) is 8.23. The van der Waals surface area contributed by atoms with Crippen LogP contribution in [0.1, 0.15) is 36.5 Å². The number of sulfonamides is 1. The maximum atomic E-state index is 14.6. The molecule has 0 fully saturated rings. The lowest BCUT2D eigenvalue weighted by Gasteiger charge is -2.35. The second-order valence-corrected chi connectivity index (χ2v) is 17.8. The van der Waals surface area contributed by atoms with Crippen molar-refractivity contribution in [3.63, 3.8) is 0 Å². The first-order chi connectivity index (χ1) is 29.9. The summed E-state index contributed by atoms with van der Waals surface area (Å²) in [5.74, 6) is -1.93. The molecular weight excluding hydrogens is 867 g/mol. The minimum absolute atomic E-state index is 0.0707. The molecule has 0 saturated heterocycles. The zero-order valence-electron chi connectivity index (χ0n) is 33.5. The highest BCUT2D eigenvalue weighted by molar-refractivity contribution is 7.92. The van der Waals surface area contributed by atoms with E-state index in [4.69, 9.17) is 0 Å². The highest BCUT2D eigenvalue weighted by Gasteiger charge is 2.30. The van der Waals surface area contributed by atoms with E-state index in [2.05, 4.69) is 30.1 Å². The number of sulfone groups is 1. The van der Waals surface area contributed by atoms with Crippen LogP contribution in [-0.2, 0) is 33.0 Å². The van der Waals surface area contributed by atoms with Gasteiger partial charge in [0.25, 0.3) is 10.0 Å². The number of carbonyl (C=O) groups is 2. The lowest BCUT2D eigenvalue weighted by molar-refractivity contribution is -0.153. The molecule has 63 heavy (non-hydrogen) atoms. The summed E-state index contributed by atoms with van der Waals surface area (Å²) in [4.78, 5) is 35.7. The van der Waals surface area contributed by atoms with Crippen LogP contribution in [0.15, 0.2) is 155 Å². The molecule has 0 aliphatic heterocycles. The highest BCUT2D eigenvalue weighted by Crippen LogP contribution is 2.29. The number of nitrogens with zero attached hydrogens (tertiary/aromatic N) is 4. The number of hydrogen-bond donors (Lipinski definition) is 3. The number of urea groups is 2. The molecule has 0 aliphatic carbocycles. The minimum atomic E-state index is -4.74. The molecule has 0 aliphatic rings. The molecule has 0 unspecified atom stereocenters. The molecule has 2 heterocycles. The average molecular weight is 906 g/mol. The monoisotopic (exact) mass is 905 g/mol. The van der Waals surface area contributed by atoms with Crippen molar-refractivity contribution in [2.45, 2.75) is 53.7 Å². The Morgan fingerprint density at radius 3 is 1.67 bits per heavy atom. The fraction of sp³-hybridized carbons (Fsp3) is 0.163. The van der Waals surface area contributed by atoms with Gasteiger partial charge in [-0.3, -0.25) is 14.7 Å². The molecule has 0 spiro atoms. The second-order valence-electron chi connectivity index (χ2n) is 14.1. The number of carbonyl (C=O) groups excluding carboxylic acids is 2. The summed E-state index contributed by atoms with van der Waals surface area (Å²) in [6.07, 6.45) is 1.30. The predicted molar refractivity (Wildman–Crippen MR) is 225 cm³/mol. The molecule has 0 radical (unpaired) electrons. The number of benzene rings is 4. The molecule has 6 aromatic rings. The van der Waals surface area contributed by atoms with Crippen molar-refractivity contribution in [2.75, 3.05) is 22.0 Å². The summed E-state index contributed by atoms with van der Waals surface area (Å²) in [6, 6.07) is 24.4. The minimum Gasteiger partial charge on any atom is -0.481 e. The number of nitrogens with one attached hydrogen (secondary N) is 3. The van der Waals surface area contributed by atoms with Crippen molar-refractivity contribution >= 4 is 49.0 Å². The van der Waals surface area contributed by atoms with Crippen molar-refractivity contribution in [2.24, 2.45) is 0 Å². The molecule has 14 nitrogen and oxygen atoms in total. The van der Waals surface area contributed by atoms with Gasteiger partial charge < -0.3 is 15.4 Å². The number of rotatable bonds is 14. The standard InChI is InChI=1S/C43H39F4N7O7S2/c1-29(2)32-8-3-9-35(22-32)52-63(59,60)37-16-12-34(13-17-37)51-42(56)54(27-31-7-5-21-49-25-31)53(26-30-6-4-20-48-24-30)41(55)50-33-10-14-36(15-11-33)62(57,58)38-18-19-40(39(44)23-38)61-28-43(45,46)47/h3-25,29,52H,26-28H2,1-2H3,(H,50,55)(H,51,56). The molecule has 20 heteroatoms. The van der Waals surface area contributed by atoms with Crippen LogP contribution >= 0.6 is 0 Å². The largest absolute Gasteiger partial charge is 0.481 e. The van der Waals surface area contributed by atoms with Crippen molar-refractivity contribution in [3.8, 4) is 5.75 Å². The van der Waals surface area contributed by atoms with Crippen LogP contribution in [0.4, 0.5) is 44.2 Å². The molecule has 3 N–H and O–H groups in total. The molecule has 0 saturated carbocycles. The molecule has 4 aromatic carbocycles. The van der Waals surface area contributed by atoms with Gasteiger partial charge in [0.05, 0.1) is 27.8 Å². The number of aromatic nitrogens is 2. The summed E-state index contributed by atoms with van der Waals surface area (Å²) in [5, 5.41) is 7.56. The van der Waals surface area contributed by atoms with E-state index in [9.17, 15) is 44.0 Å². The van der Waals surface area contributed by atoms with Crippen LogP contribution in [0, 0.1) is 5.82 Å². The van der Waals surface area contributed by atoms with E-state index in [0.29, 0.717) is 22.9 Å². The van der Waals surface area contributed by atoms with Crippen molar-refractivity contribution in [1.29, 1.82) is 0 Å². The molecule has 4 amide bonds. The third kappa shape index (κ3) is 12.1. The molecule has 0 bridgehead atoms. The Hall–Kier alpha value is -7.06. The van der Waals surface area contributed by atoms with E-state index in [1.807, 2.05) is 19.9 Å². The van der Waals surface area contributed by atoms with Crippen molar-refractivity contribution in [1.82, 2.24) is 20.0 Å². The fourth-order valence-electron chi connectivity index (χ4n) is 5.91. The Kier molecular flexibility index (Phi) is 13.9. The van der Waals surface area contributed by atoms with Gasteiger partial charge in [-0.05, 0) is 114 Å². The number of pyridine rings is 2. The van der Waals surface area contributed by atoms with E-state index < -0.39 is 61.2 Å². The lowest BCUT2D eigenvalue weighted by Crippen LogP contribution is -2.52. The van der Waals surface area contributed by atoms with Gasteiger partial charge in [0.1, 0.15) is 0 Å². The Labute approximate surface area is 360 Å². The van der Waals surface area contributed by atoms with Crippen molar-refractivity contribution in [3.05, 3.63) is 163 Å². The molecule has 2 aromatic heterocycles. The molecule has 6 rings (SSSR count). The van der Waals surface area contributed by atoms with Crippen LogP contribution in [0.2, 0.25) is 0 Å². The maximum Gasteiger partial charge on any atom is 0.422 e. The quantitative estimate of drug-likeness (QED) is 0.0710. The first kappa shape index (κ1) is 45.5. The van der Waals surface area contributed by atoms with Gasteiger partial charge in [-0.2, -0.15) is 13.2 Å². The highest BCUT2D eigenvalue weighted by atomic mass is 32.2. The SMILES string of the molecule is CC(C)c1cccc(NS(=O)(=O)c2ccc(NC(=O)N(Cc3cccnc3)N(Cc3cccnc3)C(=O)Nc3ccc(S(=O)(=O)c4ccc(OCC(F)(F)F)c(F)c4)cc3)cc2)c1. The van der Waals surface area contributed by atoms with Gasteiger partial charge in [0.15, 0.2) is 18.2 Å². The third-order valence-electron chi connectivity index (χ3n) is 9.11. The van der Waals surface area contributed by atoms with Gasteiger partial charge >= 0.3 is 18.2 Å². The van der Waals surface area contributed by atoms with Crippen LogP contribution in [0.5, 0.6) is 5.75 Å². The van der Waals surface area contributed by atoms with E-state index in [1.165, 1.54) is 61.2 Å². The maximum absolute atomic E-state index is 14.6.